The molecule has 1 aliphatic rings. The molecule has 8 heteroatoms. The largest absolute Gasteiger partial charge is 0.376 e. The van der Waals surface area contributed by atoms with Crippen LogP contribution in [0.25, 0.3) is 16.9 Å². The molecule has 7 nitrogen and oxygen atoms in total. The number of amides is 2. The number of anilines is 1. The van der Waals surface area contributed by atoms with E-state index in [1.54, 1.807) is 24.3 Å². The Labute approximate surface area is 227 Å². The molecule has 0 radical (unpaired) electrons. The highest BCUT2D eigenvalue weighted by Crippen LogP contribution is 2.25. The molecule has 0 saturated carbocycles. The van der Waals surface area contributed by atoms with E-state index in [2.05, 4.69) is 5.32 Å². The Bertz CT molecular complexity index is 1430. The van der Waals surface area contributed by atoms with Gasteiger partial charge >= 0.3 is 0 Å². The topological polar surface area (TPSA) is 76.5 Å². The molecular weight excluding hydrogens is 500 g/mol. The standard InChI is InChI=1S/C30H29ClN4O3/c1-21-9-7-12-23(17-21)35-19-27(22-10-3-2-4-11-22)32-30(35)33-28(36)20-34(18-24-13-8-16-38-24)29(37)25-14-5-6-15-26(25)31/h2-7,9-12,14-15,17,19,24H,8,13,16,18,20H2,1H3,(H,32,33,36)/t24-/m1/s1. The fraction of sp³-hybridized carbons (Fsp3) is 0.233. The van der Waals surface area contributed by atoms with Crippen molar-refractivity contribution in [2.45, 2.75) is 25.9 Å². The van der Waals surface area contributed by atoms with Crippen molar-refractivity contribution >= 4 is 29.4 Å². The Morgan fingerprint density at radius 1 is 1.08 bits per heavy atom. The van der Waals surface area contributed by atoms with Gasteiger partial charge in [0, 0.05) is 30.6 Å². The molecule has 0 spiro atoms. The lowest BCUT2D eigenvalue weighted by atomic mass is 10.1. The number of imidazole rings is 1. The highest BCUT2D eigenvalue weighted by molar-refractivity contribution is 6.33. The summed E-state index contributed by atoms with van der Waals surface area (Å²) in [6.07, 6.45) is 3.56. The maximum Gasteiger partial charge on any atom is 0.255 e. The van der Waals surface area contributed by atoms with E-state index in [0.29, 0.717) is 29.7 Å². The molecule has 0 aliphatic carbocycles. The fourth-order valence-electron chi connectivity index (χ4n) is 4.59. The predicted octanol–water partition coefficient (Wildman–Crippen LogP) is 5.76. The van der Waals surface area contributed by atoms with Crippen molar-refractivity contribution in [3.63, 3.8) is 0 Å². The quantitative estimate of drug-likeness (QED) is 0.315. The highest BCUT2D eigenvalue weighted by Gasteiger charge is 2.27. The summed E-state index contributed by atoms with van der Waals surface area (Å²) in [6, 6.07) is 24.6. The lowest BCUT2D eigenvalue weighted by Gasteiger charge is -2.25. The maximum atomic E-state index is 13.4. The minimum absolute atomic E-state index is 0.117. The third kappa shape index (κ3) is 5.96. The molecular formula is C30H29ClN4O3. The molecule has 194 valence electrons. The zero-order chi connectivity index (χ0) is 26.5. The number of hydrogen-bond acceptors (Lipinski definition) is 4. The van der Waals surface area contributed by atoms with Crippen LogP contribution in [-0.2, 0) is 9.53 Å². The van der Waals surface area contributed by atoms with Gasteiger partial charge in [0.1, 0.15) is 6.54 Å². The van der Waals surface area contributed by atoms with Gasteiger partial charge < -0.3 is 9.64 Å². The second kappa shape index (κ2) is 11.6. The van der Waals surface area contributed by atoms with Gasteiger partial charge in [0.2, 0.25) is 11.9 Å². The first-order valence-electron chi connectivity index (χ1n) is 12.6. The molecule has 0 unspecified atom stereocenters. The van der Waals surface area contributed by atoms with E-state index in [-0.39, 0.29) is 24.5 Å². The maximum absolute atomic E-state index is 13.4. The number of ether oxygens (including phenoxy) is 1. The van der Waals surface area contributed by atoms with Crippen molar-refractivity contribution in [1.29, 1.82) is 0 Å². The molecule has 3 aromatic carbocycles. The van der Waals surface area contributed by atoms with Crippen LogP contribution in [0.3, 0.4) is 0 Å². The molecule has 38 heavy (non-hydrogen) atoms. The van der Waals surface area contributed by atoms with Crippen molar-refractivity contribution in [3.8, 4) is 16.9 Å². The average molecular weight is 529 g/mol. The van der Waals surface area contributed by atoms with Crippen molar-refractivity contribution in [3.05, 3.63) is 101 Å². The fourth-order valence-corrected chi connectivity index (χ4v) is 4.80. The van der Waals surface area contributed by atoms with E-state index in [9.17, 15) is 9.59 Å². The van der Waals surface area contributed by atoms with E-state index in [4.69, 9.17) is 21.3 Å². The van der Waals surface area contributed by atoms with Crippen LogP contribution >= 0.6 is 11.6 Å². The second-order valence-corrected chi connectivity index (χ2v) is 9.78. The SMILES string of the molecule is Cc1cccc(-n2cc(-c3ccccc3)nc2NC(=O)CN(C[C@H]2CCCO2)C(=O)c2ccccc2Cl)c1. The van der Waals surface area contributed by atoms with Crippen molar-refractivity contribution in [1.82, 2.24) is 14.5 Å². The first-order valence-corrected chi connectivity index (χ1v) is 13.0. The monoisotopic (exact) mass is 528 g/mol. The molecule has 2 amide bonds. The number of nitrogens with zero attached hydrogens (tertiary/aromatic N) is 3. The zero-order valence-electron chi connectivity index (χ0n) is 21.1. The van der Waals surface area contributed by atoms with Crippen molar-refractivity contribution in [2.75, 3.05) is 25.0 Å². The molecule has 1 saturated heterocycles. The van der Waals surface area contributed by atoms with Crippen LogP contribution in [-0.4, -0.2) is 52.1 Å². The molecule has 1 fully saturated rings. The van der Waals surface area contributed by atoms with Gasteiger partial charge in [0.15, 0.2) is 0 Å². The van der Waals surface area contributed by atoms with Crippen LogP contribution in [0, 0.1) is 6.92 Å². The highest BCUT2D eigenvalue weighted by atomic mass is 35.5. The number of aromatic nitrogens is 2. The number of nitrogens with one attached hydrogen (secondary N) is 1. The number of carbonyl (C=O) groups is 2. The number of hydrogen-bond donors (Lipinski definition) is 1. The Morgan fingerprint density at radius 2 is 1.87 bits per heavy atom. The molecule has 1 N–H and O–H groups in total. The first kappa shape index (κ1) is 25.7. The van der Waals surface area contributed by atoms with E-state index in [0.717, 1.165) is 35.3 Å². The first-order chi connectivity index (χ1) is 18.5. The van der Waals surface area contributed by atoms with Gasteiger partial charge in [-0.05, 0) is 49.6 Å². The smallest absolute Gasteiger partial charge is 0.255 e. The predicted molar refractivity (Wildman–Crippen MR) is 149 cm³/mol. The number of carbonyl (C=O) groups excluding carboxylic acids is 2. The minimum Gasteiger partial charge on any atom is -0.376 e. The number of benzene rings is 3. The summed E-state index contributed by atoms with van der Waals surface area (Å²) in [5.74, 6) is -0.294. The number of halogens is 1. The summed E-state index contributed by atoms with van der Waals surface area (Å²) in [5.41, 5.74) is 3.97. The summed E-state index contributed by atoms with van der Waals surface area (Å²) in [7, 11) is 0. The van der Waals surface area contributed by atoms with Crippen LogP contribution in [0.4, 0.5) is 5.95 Å². The van der Waals surface area contributed by atoms with Crippen molar-refractivity contribution in [2.24, 2.45) is 0 Å². The van der Waals surface area contributed by atoms with Gasteiger partial charge in [-0.25, -0.2) is 4.98 Å². The molecule has 4 aromatic rings. The lowest BCUT2D eigenvalue weighted by molar-refractivity contribution is -0.117. The minimum atomic E-state index is -0.359. The van der Waals surface area contributed by atoms with Crippen LogP contribution in [0.15, 0.2) is 85.1 Å². The molecule has 1 aliphatic heterocycles. The van der Waals surface area contributed by atoms with Gasteiger partial charge in [-0.3, -0.25) is 19.5 Å². The second-order valence-electron chi connectivity index (χ2n) is 9.37. The van der Waals surface area contributed by atoms with E-state index < -0.39 is 0 Å². The number of aryl methyl sites for hydroxylation is 1. The van der Waals surface area contributed by atoms with Crippen LogP contribution in [0.2, 0.25) is 5.02 Å². The zero-order valence-corrected chi connectivity index (χ0v) is 21.9. The summed E-state index contributed by atoms with van der Waals surface area (Å²) < 4.78 is 7.62. The van der Waals surface area contributed by atoms with Crippen LogP contribution in [0.5, 0.6) is 0 Å². The van der Waals surface area contributed by atoms with Gasteiger partial charge in [-0.2, -0.15) is 0 Å². The Balaban J connectivity index is 1.42. The molecule has 2 heterocycles. The summed E-state index contributed by atoms with van der Waals surface area (Å²) in [6.45, 7) is 2.81. The third-order valence-electron chi connectivity index (χ3n) is 6.48. The van der Waals surface area contributed by atoms with Crippen LogP contribution in [0.1, 0.15) is 28.8 Å². The Kier molecular flexibility index (Phi) is 7.86. The number of rotatable bonds is 8. The van der Waals surface area contributed by atoms with E-state index in [1.807, 2.05) is 72.3 Å². The van der Waals surface area contributed by atoms with E-state index >= 15 is 0 Å². The summed E-state index contributed by atoms with van der Waals surface area (Å²) in [5, 5.41) is 3.29. The van der Waals surface area contributed by atoms with Crippen LogP contribution < -0.4 is 5.32 Å². The van der Waals surface area contributed by atoms with Gasteiger partial charge in [-0.1, -0.05) is 66.2 Å². The average Bonchev–Trinajstić information content (AvgIpc) is 3.59. The van der Waals surface area contributed by atoms with Crippen molar-refractivity contribution < 1.29 is 14.3 Å². The van der Waals surface area contributed by atoms with Gasteiger partial charge in [0.25, 0.3) is 5.91 Å². The van der Waals surface area contributed by atoms with E-state index in [1.165, 1.54) is 4.90 Å². The Morgan fingerprint density at radius 3 is 2.61 bits per heavy atom. The summed E-state index contributed by atoms with van der Waals surface area (Å²) in [4.78, 5) is 33.1. The normalized spacial score (nSPS) is 14.8. The summed E-state index contributed by atoms with van der Waals surface area (Å²) >= 11 is 6.32. The lowest BCUT2D eigenvalue weighted by Crippen LogP contribution is -2.42. The van der Waals surface area contributed by atoms with Gasteiger partial charge in [-0.15, -0.1) is 0 Å². The molecule has 5 rings (SSSR count). The molecule has 1 atom stereocenters. The molecule has 1 aromatic heterocycles. The Hall–Kier alpha value is -3.94. The van der Waals surface area contributed by atoms with Gasteiger partial charge in [0.05, 0.1) is 22.4 Å². The third-order valence-corrected chi connectivity index (χ3v) is 6.81. The molecule has 0 bridgehead atoms.